The van der Waals surface area contributed by atoms with Gasteiger partial charge in [-0.2, -0.15) is 4.98 Å². The third-order valence-electron chi connectivity index (χ3n) is 2.32. The Morgan fingerprint density at radius 3 is 2.45 bits per heavy atom. The van der Waals surface area contributed by atoms with Crippen LogP contribution in [0.3, 0.4) is 0 Å². The van der Waals surface area contributed by atoms with Gasteiger partial charge in [-0.3, -0.25) is 5.32 Å². The average molecular weight is 366 g/mol. The molecule has 0 aliphatic carbocycles. The molecule has 1 amide bonds. The van der Waals surface area contributed by atoms with E-state index in [9.17, 15) is 4.79 Å². The highest BCUT2D eigenvalue weighted by atomic mass is 79.9. The van der Waals surface area contributed by atoms with Crippen LogP contribution in [0.5, 0.6) is 11.6 Å². The number of carbonyl (C=O) groups excluding carboxylic acids is 1. The topological polar surface area (TPSA) is 73.3 Å². The fourth-order valence-electron chi connectivity index (χ4n) is 1.52. The van der Waals surface area contributed by atoms with Gasteiger partial charge in [0.2, 0.25) is 5.88 Å². The summed E-state index contributed by atoms with van der Waals surface area (Å²) in [5.74, 6) is 1.02. The van der Waals surface area contributed by atoms with Gasteiger partial charge in [0.1, 0.15) is 11.4 Å². The second-order valence-electron chi connectivity index (χ2n) is 5.42. The lowest BCUT2D eigenvalue weighted by Gasteiger charge is -2.19. The second-order valence-corrected chi connectivity index (χ2v) is 6.13. The number of hydrogen-bond donors (Lipinski definition) is 1. The molecule has 1 heterocycles. The molecule has 0 aliphatic rings. The van der Waals surface area contributed by atoms with Gasteiger partial charge in [0, 0.05) is 18.0 Å². The van der Waals surface area contributed by atoms with Gasteiger partial charge >= 0.3 is 6.09 Å². The third-order valence-corrected chi connectivity index (χ3v) is 2.70. The van der Waals surface area contributed by atoms with Gasteiger partial charge in [0.05, 0.1) is 0 Å². The summed E-state index contributed by atoms with van der Waals surface area (Å²) in [5, 5.41) is 2.65. The van der Waals surface area contributed by atoms with Crippen molar-refractivity contribution in [1.29, 1.82) is 0 Å². The summed E-state index contributed by atoms with van der Waals surface area (Å²) in [7, 11) is 0. The zero-order valence-corrected chi connectivity index (χ0v) is 14.0. The van der Waals surface area contributed by atoms with Gasteiger partial charge in [0.15, 0.2) is 4.73 Å². The molecule has 2 rings (SSSR count). The first-order chi connectivity index (χ1) is 10.3. The summed E-state index contributed by atoms with van der Waals surface area (Å²) in [6, 6.07) is 8.54. The Morgan fingerprint density at radius 1 is 1.18 bits per heavy atom. The van der Waals surface area contributed by atoms with E-state index in [1.54, 1.807) is 36.5 Å². The van der Waals surface area contributed by atoms with Crippen molar-refractivity contribution < 1.29 is 14.3 Å². The van der Waals surface area contributed by atoms with Crippen LogP contribution in [0.2, 0.25) is 0 Å². The third kappa shape index (κ3) is 5.33. The molecule has 1 aromatic heterocycles. The molecular weight excluding hydrogens is 350 g/mol. The van der Waals surface area contributed by atoms with Crippen LogP contribution in [-0.2, 0) is 4.74 Å². The van der Waals surface area contributed by atoms with E-state index in [1.807, 2.05) is 20.8 Å². The fraction of sp³-hybridized carbons (Fsp3) is 0.267. The number of carbonyl (C=O) groups is 1. The molecule has 0 spiro atoms. The Kier molecular flexibility index (Phi) is 4.97. The number of hydrogen-bond acceptors (Lipinski definition) is 5. The molecule has 0 fully saturated rings. The normalized spacial score (nSPS) is 10.9. The quantitative estimate of drug-likeness (QED) is 0.817. The van der Waals surface area contributed by atoms with Gasteiger partial charge in [0.25, 0.3) is 0 Å². The lowest BCUT2D eigenvalue weighted by Crippen LogP contribution is -2.27. The zero-order valence-electron chi connectivity index (χ0n) is 12.5. The maximum absolute atomic E-state index is 11.7. The van der Waals surface area contributed by atoms with Crippen LogP contribution in [0.25, 0.3) is 0 Å². The first-order valence-electron chi connectivity index (χ1n) is 6.58. The summed E-state index contributed by atoms with van der Waals surface area (Å²) in [6.45, 7) is 5.43. The summed E-state index contributed by atoms with van der Waals surface area (Å²) in [4.78, 5) is 19.6. The Balaban J connectivity index is 1.97. The van der Waals surface area contributed by atoms with Crippen LogP contribution in [0, 0.1) is 0 Å². The minimum atomic E-state index is -0.534. The van der Waals surface area contributed by atoms with Gasteiger partial charge in [-0.1, -0.05) is 0 Å². The SMILES string of the molecule is CC(C)(C)OC(=O)Nc1ccc(Oc2ccnc(Br)n2)cc1. The molecule has 2 aromatic rings. The molecule has 6 nitrogen and oxygen atoms in total. The van der Waals surface area contributed by atoms with Gasteiger partial charge < -0.3 is 9.47 Å². The van der Waals surface area contributed by atoms with Crippen molar-refractivity contribution in [1.82, 2.24) is 9.97 Å². The molecule has 0 saturated carbocycles. The molecule has 22 heavy (non-hydrogen) atoms. The van der Waals surface area contributed by atoms with Crippen LogP contribution in [-0.4, -0.2) is 21.7 Å². The Bertz CT molecular complexity index is 654. The lowest BCUT2D eigenvalue weighted by molar-refractivity contribution is 0.0636. The molecule has 0 atom stereocenters. The maximum Gasteiger partial charge on any atom is 0.412 e. The van der Waals surface area contributed by atoms with Crippen LogP contribution < -0.4 is 10.1 Å². The molecule has 1 N–H and O–H groups in total. The van der Waals surface area contributed by atoms with Crippen molar-refractivity contribution in [2.75, 3.05) is 5.32 Å². The molecule has 0 bridgehead atoms. The van der Waals surface area contributed by atoms with E-state index in [-0.39, 0.29) is 0 Å². The van der Waals surface area contributed by atoms with Gasteiger partial charge in [-0.25, -0.2) is 9.78 Å². The molecule has 0 aliphatic heterocycles. The molecule has 7 heteroatoms. The van der Waals surface area contributed by atoms with Crippen LogP contribution in [0.15, 0.2) is 41.3 Å². The smallest absolute Gasteiger partial charge is 0.412 e. The highest BCUT2D eigenvalue weighted by Crippen LogP contribution is 2.22. The predicted octanol–water partition coefficient (Wildman–Crippen LogP) is 4.38. The molecule has 0 saturated heterocycles. The number of rotatable bonds is 3. The number of aromatic nitrogens is 2. The van der Waals surface area contributed by atoms with Gasteiger partial charge in [-0.15, -0.1) is 0 Å². The molecular formula is C15H16BrN3O3. The molecule has 0 unspecified atom stereocenters. The van der Waals surface area contributed by atoms with E-state index in [4.69, 9.17) is 9.47 Å². The van der Waals surface area contributed by atoms with Crippen molar-refractivity contribution in [3.63, 3.8) is 0 Å². The number of amides is 1. The summed E-state index contributed by atoms with van der Waals surface area (Å²) < 4.78 is 11.2. The minimum Gasteiger partial charge on any atom is -0.444 e. The van der Waals surface area contributed by atoms with Crippen molar-refractivity contribution in [2.45, 2.75) is 26.4 Å². The number of nitrogens with one attached hydrogen (secondary N) is 1. The van der Waals surface area contributed by atoms with Gasteiger partial charge in [-0.05, 0) is 61.0 Å². The highest BCUT2D eigenvalue weighted by Gasteiger charge is 2.16. The first kappa shape index (κ1) is 16.2. The van der Waals surface area contributed by atoms with Crippen LogP contribution in [0.4, 0.5) is 10.5 Å². The van der Waals surface area contributed by atoms with E-state index in [1.165, 1.54) is 0 Å². The van der Waals surface area contributed by atoms with Crippen LogP contribution >= 0.6 is 15.9 Å². The molecule has 1 aromatic carbocycles. The van der Waals surface area contributed by atoms with Crippen LogP contribution in [0.1, 0.15) is 20.8 Å². The Morgan fingerprint density at radius 2 is 1.86 bits per heavy atom. The zero-order chi connectivity index (χ0) is 16.2. The number of halogens is 1. The monoisotopic (exact) mass is 365 g/mol. The Hall–Kier alpha value is -2.15. The number of anilines is 1. The summed E-state index contributed by atoms with van der Waals surface area (Å²) in [6.07, 6.45) is 1.09. The van der Waals surface area contributed by atoms with E-state index < -0.39 is 11.7 Å². The van der Waals surface area contributed by atoms with Crippen molar-refractivity contribution in [3.05, 3.63) is 41.3 Å². The van der Waals surface area contributed by atoms with E-state index >= 15 is 0 Å². The fourth-order valence-corrected chi connectivity index (χ4v) is 1.82. The van der Waals surface area contributed by atoms with E-state index in [0.717, 1.165) is 0 Å². The summed E-state index contributed by atoms with van der Waals surface area (Å²) in [5.41, 5.74) is 0.0820. The van der Waals surface area contributed by atoms with Crippen molar-refractivity contribution in [3.8, 4) is 11.6 Å². The second kappa shape index (κ2) is 6.74. The van der Waals surface area contributed by atoms with E-state index in [0.29, 0.717) is 22.1 Å². The molecule has 116 valence electrons. The number of ether oxygens (including phenoxy) is 2. The standard InChI is InChI=1S/C15H16BrN3O3/c1-15(2,3)22-14(20)18-10-4-6-11(7-5-10)21-12-8-9-17-13(16)19-12/h4-9H,1-3H3,(H,18,20). The van der Waals surface area contributed by atoms with E-state index in [2.05, 4.69) is 31.2 Å². The highest BCUT2D eigenvalue weighted by molar-refractivity contribution is 9.10. The molecule has 0 radical (unpaired) electrons. The number of nitrogens with zero attached hydrogens (tertiary/aromatic N) is 2. The first-order valence-corrected chi connectivity index (χ1v) is 7.37. The maximum atomic E-state index is 11.7. The average Bonchev–Trinajstić information content (AvgIpc) is 2.39. The lowest BCUT2D eigenvalue weighted by atomic mass is 10.2. The largest absolute Gasteiger partial charge is 0.444 e. The van der Waals surface area contributed by atoms with Crippen molar-refractivity contribution >= 4 is 27.7 Å². The summed E-state index contributed by atoms with van der Waals surface area (Å²) >= 11 is 3.17. The number of benzene rings is 1. The van der Waals surface area contributed by atoms with Crippen molar-refractivity contribution in [2.24, 2.45) is 0 Å². The predicted molar refractivity (Wildman–Crippen MR) is 86.1 cm³/mol. The Labute approximate surface area is 137 Å². The minimum absolute atomic E-state index is 0.426.